The lowest BCUT2D eigenvalue weighted by Crippen LogP contribution is -2.27. The van der Waals surface area contributed by atoms with E-state index in [2.05, 4.69) is 19.6 Å². The molecule has 0 spiro atoms. The zero-order valence-electron chi connectivity index (χ0n) is 9.06. The van der Waals surface area contributed by atoms with Crippen LogP contribution in [0.2, 0.25) is 5.82 Å². The van der Waals surface area contributed by atoms with Gasteiger partial charge in [-0.1, -0.05) is 6.42 Å². The third-order valence-corrected chi connectivity index (χ3v) is 4.42. The van der Waals surface area contributed by atoms with Gasteiger partial charge in [0.2, 0.25) is 0 Å². The van der Waals surface area contributed by atoms with Crippen molar-refractivity contribution in [2.24, 2.45) is 5.92 Å². The van der Waals surface area contributed by atoms with Crippen LogP contribution in [0, 0.1) is 5.92 Å². The zero-order valence-corrected chi connectivity index (χ0v) is 9.95. The van der Waals surface area contributed by atoms with Gasteiger partial charge < -0.3 is 10.2 Å². The third-order valence-electron chi connectivity index (χ3n) is 2.95. The summed E-state index contributed by atoms with van der Waals surface area (Å²) in [4.78, 5) is 0. The summed E-state index contributed by atoms with van der Waals surface area (Å²) in [7, 11) is 5.68. The Morgan fingerprint density at radius 3 is 2.29 bits per heavy atom. The van der Waals surface area contributed by atoms with E-state index < -0.39 is 19.1 Å². The Hall–Kier alpha value is 0.285. The Labute approximate surface area is 88.1 Å². The summed E-state index contributed by atoms with van der Waals surface area (Å²) in [6, 6.07) is 0. The predicted octanol–water partition coefficient (Wildman–Crippen LogP) is 0.784. The third kappa shape index (κ3) is 3.15. The summed E-state index contributed by atoms with van der Waals surface area (Å²) < 4.78 is 0. The molecule has 1 saturated carbocycles. The van der Waals surface area contributed by atoms with Crippen molar-refractivity contribution in [2.75, 3.05) is 19.5 Å². The first kappa shape index (κ1) is 12.4. The molecule has 1 aliphatic rings. The number of aliphatic hydroxyl groups excluding tert-OH is 2. The highest BCUT2D eigenvalue weighted by Crippen LogP contribution is 2.42. The molecule has 0 aromatic carbocycles. The van der Waals surface area contributed by atoms with Crippen LogP contribution < -0.4 is 0 Å². The standard InChI is InChI=1S/C10H20BO2P/c1-14(2,3)5-4-7-6-8(11)10(13)9(7)12/h7-10,12-13H,1,4-6H2,2-3H3. The summed E-state index contributed by atoms with van der Waals surface area (Å²) >= 11 is 0. The van der Waals surface area contributed by atoms with Gasteiger partial charge in [-0.2, -0.15) is 0 Å². The lowest BCUT2D eigenvalue weighted by molar-refractivity contribution is 0.0204. The molecule has 2 radical (unpaired) electrons. The van der Waals surface area contributed by atoms with Crippen LogP contribution in [0.25, 0.3) is 0 Å². The molecule has 1 rings (SSSR count). The normalized spacial score (nSPS) is 38.9. The van der Waals surface area contributed by atoms with Crippen molar-refractivity contribution in [1.29, 1.82) is 0 Å². The Morgan fingerprint density at radius 2 is 1.93 bits per heavy atom. The molecule has 14 heavy (non-hydrogen) atoms. The molecule has 80 valence electrons. The van der Waals surface area contributed by atoms with Crippen LogP contribution in [-0.4, -0.2) is 56.1 Å². The maximum atomic E-state index is 9.69. The molecule has 0 bridgehead atoms. The summed E-state index contributed by atoms with van der Waals surface area (Å²) in [6.45, 7) is 3.35. The van der Waals surface area contributed by atoms with Crippen LogP contribution in [0.5, 0.6) is 0 Å². The second-order valence-corrected chi connectivity index (χ2v) is 9.41. The van der Waals surface area contributed by atoms with Crippen molar-refractivity contribution in [1.82, 2.24) is 0 Å². The zero-order chi connectivity index (χ0) is 10.9. The fourth-order valence-electron chi connectivity index (χ4n) is 1.96. The van der Waals surface area contributed by atoms with Crippen molar-refractivity contribution in [2.45, 2.75) is 30.9 Å². The smallest absolute Gasteiger partial charge is 0.0822 e. The predicted molar refractivity (Wildman–Crippen MR) is 65.0 cm³/mol. The molecule has 4 unspecified atom stereocenters. The number of hydrogen-bond donors (Lipinski definition) is 2. The molecule has 4 atom stereocenters. The molecule has 0 aliphatic heterocycles. The van der Waals surface area contributed by atoms with Crippen LogP contribution >= 0.6 is 6.89 Å². The molecule has 0 aromatic rings. The number of hydrogen-bond acceptors (Lipinski definition) is 2. The van der Waals surface area contributed by atoms with Gasteiger partial charge >= 0.3 is 0 Å². The molecule has 0 amide bonds. The van der Waals surface area contributed by atoms with E-state index >= 15 is 0 Å². The van der Waals surface area contributed by atoms with Crippen molar-refractivity contribution in [3.05, 3.63) is 0 Å². The first-order valence-electron chi connectivity index (χ1n) is 5.10. The summed E-state index contributed by atoms with van der Waals surface area (Å²) in [6.07, 6.45) is 5.51. The molecule has 2 nitrogen and oxygen atoms in total. The Bertz CT molecular complexity index is 238. The van der Waals surface area contributed by atoms with Crippen LogP contribution in [0.15, 0.2) is 0 Å². The largest absolute Gasteiger partial charge is 0.391 e. The van der Waals surface area contributed by atoms with Crippen LogP contribution in [0.1, 0.15) is 12.8 Å². The molecule has 0 heterocycles. The van der Waals surface area contributed by atoms with E-state index in [0.29, 0.717) is 0 Å². The minimum Gasteiger partial charge on any atom is -0.391 e. The number of rotatable bonds is 3. The fraction of sp³-hybridized carbons (Fsp3) is 0.900. The monoisotopic (exact) mass is 214 g/mol. The molecule has 2 N–H and O–H groups in total. The molecule has 1 aliphatic carbocycles. The van der Waals surface area contributed by atoms with Gasteiger partial charge in [0, 0.05) is 0 Å². The van der Waals surface area contributed by atoms with Crippen molar-refractivity contribution in [3.63, 3.8) is 0 Å². The first-order chi connectivity index (χ1) is 6.31. The fourth-order valence-corrected chi connectivity index (χ4v) is 3.00. The van der Waals surface area contributed by atoms with Crippen LogP contribution in [0.4, 0.5) is 0 Å². The highest BCUT2D eigenvalue weighted by atomic mass is 31.2. The Morgan fingerprint density at radius 1 is 1.36 bits per heavy atom. The van der Waals surface area contributed by atoms with E-state index in [9.17, 15) is 10.2 Å². The van der Waals surface area contributed by atoms with E-state index in [1.54, 1.807) is 0 Å². The summed E-state index contributed by atoms with van der Waals surface area (Å²) in [5.41, 5.74) is 0. The second kappa shape index (κ2) is 4.43. The average molecular weight is 214 g/mol. The van der Waals surface area contributed by atoms with Gasteiger partial charge in [-0.25, -0.2) is 0 Å². The molecule has 1 fully saturated rings. The maximum absolute atomic E-state index is 9.69. The van der Waals surface area contributed by atoms with E-state index in [0.717, 1.165) is 19.0 Å². The van der Waals surface area contributed by atoms with E-state index in [1.165, 1.54) is 0 Å². The van der Waals surface area contributed by atoms with Crippen LogP contribution in [-0.2, 0) is 0 Å². The SMILES string of the molecule is [B]C1CC(CCP(=C)(C)C)C(O)C1O. The van der Waals surface area contributed by atoms with Crippen molar-refractivity contribution < 1.29 is 10.2 Å². The Balaban J connectivity index is 2.44. The highest BCUT2D eigenvalue weighted by Gasteiger charge is 2.37. The van der Waals surface area contributed by atoms with Gasteiger partial charge in [0.05, 0.1) is 20.1 Å². The van der Waals surface area contributed by atoms with E-state index in [1.807, 2.05) is 0 Å². The molecular weight excluding hydrogens is 194 g/mol. The molecule has 4 heteroatoms. The minimum atomic E-state index is -1.02. The topological polar surface area (TPSA) is 40.5 Å². The second-order valence-electron chi connectivity index (χ2n) is 5.09. The lowest BCUT2D eigenvalue weighted by Gasteiger charge is -2.19. The van der Waals surface area contributed by atoms with E-state index in [4.69, 9.17) is 7.85 Å². The minimum absolute atomic E-state index is 0.168. The van der Waals surface area contributed by atoms with Crippen molar-refractivity contribution >= 4 is 21.0 Å². The highest BCUT2D eigenvalue weighted by molar-refractivity contribution is 7.72. The first-order valence-corrected chi connectivity index (χ1v) is 8.16. The molecule has 0 aromatic heterocycles. The van der Waals surface area contributed by atoms with Gasteiger partial charge in [-0.15, -0.1) is 13.2 Å². The van der Waals surface area contributed by atoms with Gasteiger partial charge in [0.1, 0.15) is 0 Å². The van der Waals surface area contributed by atoms with E-state index in [-0.39, 0.29) is 11.7 Å². The molecular formula is C10H20BO2P. The maximum Gasteiger partial charge on any atom is 0.0822 e. The van der Waals surface area contributed by atoms with Gasteiger partial charge in [-0.05, 0) is 37.6 Å². The number of aliphatic hydroxyl groups is 2. The Kier molecular flexibility index (Phi) is 3.91. The summed E-state index contributed by atoms with van der Waals surface area (Å²) in [5.74, 6) is -0.0812. The van der Waals surface area contributed by atoms with Gasteiger partial charge in [0.15, 0.2) is 0 Å². The average Bonchev–Trinajstić information content (AvgIpc) is 2.28. The lowest BCUT2D eigenvalue weighted by atomic mass is 9.83. The quantitative estimate of drug-likeness (QED) is 0.538. The van der Waals surface area contributed by atoms with Crippen LogP contribution in [0.3, 0.4) is 0 Å². The summed E-state index contributed by atoms with van der Waals surface area (Å²) in [5, 5.41) is 19.2. The van der Waals surface area contributed by atoms with Gasteiger partial charge in [-0.3, -0.25) is 0 Å². The molecule has 0 saturated heterocycles. The van der Waals surface area contributed by atoms with Crippen molar-refractivity contribution in [3.8, 4) is 0 Å². The van der Waals surface area contributed by atoms with Gasteiger partial charge in [0.25, 0.3) is 0 Å².